The number of rotatable bonds is 6. The van der Waals surface area contributed by atoms with Gasteiger partial charge in [-0.3, -0.25) is 4.79 Å². The second-order valence-corrected chi connectivity index (χ2v) is 8.98. The van der Waals surface area contributed by atoms with E-state index in [0.717, 1.165) is 6.07 Å². The zero-order valence-electron chi connectivity index (χ0n) is 16.3. The van der Waals surface area contributed by atoms with Crippen LogP contribution in [-0.4, -0.2) is 51.5 Å². The van der Waals surface area contributed by atoms with Crippen molar-refractivity contribution in [2.24, 2.45) is 0 Å². The average molecular weight is 497 g/mol. The lowest BCUT2D eigenvalue weighted by atomic mass is 10.2. The summed E-state index contributed by atoms with van der Waals surface area (Å²) in [6, 6.07) is 5.73. The Morgan fingerprint density at radius 2 is 1.84 bits per heavy atom. The van der Waals surface area contributed by atoms with Crippen LogP contribution in [0.15, 0.2) is 41.3 Å². The molecule has 0 aromatic heterocycles. The zero-order chi connectivity index (χ0) is 23.5. The highest BCUT2D eigenvalue weighted by molar-refractivity contribution is 7.89. The van der Waals surface area contributed by atoms with Gasteiger partial charge in [-0.25, -0.2) is 12.8 Å². The molecule has 174 valence electrons. The molecule has 0 unspecified atom stereocenters. The third kappa shape index (κ3) is 5.68. The highest BCUT2D eigenvalue weighted by Gasteiger charge is 2.34. The number of nitrogens with zero attached hydrogens (tertiary/aromatic N) is 1. The van der Waals surface area contributed by atoms with Gasteiger partial charge in [-0.1, -0.05) is 11.6 Å². The maximum atomic E-state index is 13.3. The molecular weight excluding hydrogens is 480 g/mol. The van der Waals surface area contributed by atoms with E-state index in [1.807, 2.05) is 0 Å². The Balaban J connectivity index is 1.64. The van der Waals surface area contributed by atoms with Crippen LogP contribution in [-0.2, 0) is 25.7 Å². The number of hydrogen-bond donors (Lipinski definition) is 1. The van der Waals surface area contributed by atoms with Crippen molar-refractivity contribution >= 4 is 33.2 Å². The van der Waals surface area contributed by atoms with Crippen molar-refractivity contribution in [1.29, 1.82) is 0 Å². The molecule has 3 rings (SSSR count). The van der Waals surface area contributed by atoms with Gasteiger partial charge in [0.1, 0.15) is 11.6 Å². The van der Waals surface area contributed by atoms with E-state index in [4.69, 9.17) is 21.1 Å². The van der Waals surface area contributed by atoms with Crippen LogP contribution in [0.4, 0.5) is 23.2 Å². The molecule has 0 atom stereocenters. The van der Waals surface area contributed by atoms with E-state index in [-0.39, 0.29) is 47.7 Å². The van der Waals surface area contributed by atoms with E-state index in [1.165, 1.54) is 22.5 Å². The molecule has 0 bridgehead atoms. The number of anilines is 1. The summed E-state index contributed by atoms with van der Waals surface area (Å²) in [7, 11) is -3.78. The van der Waals surface area contributed by atoms with E-state index in [9.17, 15) is 30.8 Å². The summed E-state index contributed by atoms with van der Waals surface area (Å²) >= 11 is 6.08. The normalized spacial score (nSPS) is 15.4. The molecule has 0 radical (unpaired) electrons. The maximum Gasteiger partial charge on any atom is 0.419 e. The molecule has 1 aliphatic rings. The average Bonchev–Trinajstić information content (AvgIpc) is 2.74. The second-order valence-electron chi connectivity index (χ2n) is 6.64. The van der Waals surface area contributed by atoms with Crippen molar-refractivity contribution in [3.05, 3.63) is 52.8 Å². The molecule has 0 spiro atoms. The quantitative estimate of drug-likeness (QED) is 0.618. The smallest absolute Gasteiger partial charge is 0.419 e. The van der Waals surface area contributed by atoms with Crippen molar-refractivity contribution < 1.29 is 40.2 Å². The van der Waals surface area contributed by atoms with Crippen LogP contribution in [0.1, 0.15) is 5.56 Å². The molecule has 1 aliphatic heterocycles. The first kappa shape index (κ1) is 24.2. The number of nitrogens with one attached hydrogen (secondary N) is 1. The standard InChI is InChI=1S/C19H17ClF4N2O5S/c20-15-10-13(32(28,29)26-5-7-30-8-6-26)2-4-17(15)31-11-18(27)25-12-1-3-16(21)14(9-12)19(22,23)24/h1-4,9-10H,5-8,11H2,(H,25,27). The third-order valence-electron chi connectivity index (χ3n) is 4.43. The first-order valence-corrected chi connectivity index (χ1v) is 11.0. The first-order valence-electron chi connectivity index (χ1n) is 9.15. The topological polar surface area (TPSA) is 84.9 Å². The number of halogens is 5. The minimum Gasteiger partial charge on any atom is -0.482 e. The minimum absolute atomic E-state index is 0.00201. The Hall–Kier alpha value is -2.41. The number of alkyl halides is 3. The largest absolute Gasteiger partial charge is 0.482 e. The van der Waals surface area contributed by atoms with Crippen LogP contribution >= 0.6 is 11.6 Å². The van der Waals surface area contributed by atoms with Gasteiger partial charge >= 0.3 is 6.18 Å². The number of carbonyl (C=O) groups is 1. The van der Waals surface area contributed by atoms with E-state index in [1.54, 1.807) is 0 Å². The zero-order valence-corrected chi connectivity index (χ0v) is 17.9. The fourth-order valence-electron chi connectivity index (χ4n) is 2.86. The number of morpholine rings is 1. The van der Waals surface area contributed by atoms with Crippen molar-refractivity contribution in [2.75, 3.05) is 38.2 Å². The summed E-state index contributed by atoms with van der Waals surface area (Å²) in [6.45, 7) is 0.340. The summed E-state index contributed by atoms with van der Waals surface area (Å²) in [6.07, 6.45) is -4.92. The molecule has 13 heteroatoms. The molecule has 2 aromatic rings. The Labute approximate surface area is 185 Å². The number of carbonyl (C=O) groups excluding carboxylic acids is 1. The van der Waals surface area contributed by atoms with Gasteiger partial charge in [0.2, 0.25) is 10.0 Å². The number of hydrogen-bond acceptors (Lipinski definition) is 5. The fourth-order valence-corrected chi connectivity index (χ4v) is 4.59. The van der Waals surface area contributed by atoms with Crippen LogP contribution in [0, 0.1) is 5.82 Å². The van der Waals surface area contributed by atoms with Crippen molar-refractivity contribution in [2.45, 2.75) is 11.1 Å². The lowest BCUT2D eigenvalue weighted by Gasteiger charge is -2.26. The van der Waals surface area contributed by atoms with Gasteiger partial charge < -0.3 is 14.8 Å². The highest BCUT2D eigenvalue weighted by atomic mass is 35.5. The number of sulfonamides is 1. The molecule has 32 heavy (non-hydrogen) atoms. The lowest BCUT2D eigenvalue weighted by Crippen LogP contribution is -2.40. The van der Waals surface area contributed by atoms with E-state index < -0.39 is 40.1 Å². The predicted molar refractivity (Wildman–Crippen MR) is 107 cm³/mol. The van der Waals surface area contributed by atoms with Gasteiger partial charge in [0, 0.05) is 18.8 Å². The molecule has 1 N–H and O–H groups in total. The summed E-state index contributed by atoms with van der Waals surface area (Å²) in [5.41, 5.74) is -1.79. The van der Waals surface area contributed by atoms with Crippen LogP contribution in [0.3, 0.4) is 0 Å². The van der Waals surface area contributed by atoms with Gasteiger partial charge in [0.05, 0.1) is 28.7 Å². The van der Waals surface area contributed by atoms with E-state index >= 15 is 0 Å². The van der Waals surface area contributed by atoms with Crippen LogP contribution < -0.4 is 10.1 Å². The van der Waals surface area contributed by atoms with Gasteiger partial charge in [0.15, 0.2) is 6.61 Å². The molecule has 1 amide bonds. The minimum atomic E-state index is -4.92. The monoisotopic (exact) mass is 496 g/mol. The van der Waals surface area contributed by atoms with Crippen LogP contribution in [0.5, 0.6) is 5.75 Å². The van der Waals surface area contributed by atoms with Gasteiger partial charge in [0.25, 0.3) is 5.91 Å². The van der Waals surface area contributed by atoms with Crippen molar-refractivity contribution in [3.63, 3.8) is 0 Å². The van der Waals surface area contributed by atoms with Crippen molar-refractivity contribution in [3.8, 4) is 5.75 Å². The highest BCUT2D eigenvalue weighted by Crippen LogP contribution is 2.33. The number of benzene rings is 2. The van der Waals surface area contributed by atoms with Gasteiger partial charge in [-0.15, -0.1) is 0 Å². The Bertz CT molecular complexity index is 1110. The van der Waals surface area contributed by atoms with Crippen molar-refractivity contribution in [1.82, 2.24) is 4.31 Å². The van der Waals surface area contributed by atoms with E-state index in [0.29, 0.717) is 12.1 Å². The predicted octanol–water partition coefficient (Wildman–Crippen LogP) is 3.54. The molecular formula is C19H17ClF4N2O5S. The first-order chi connectivity index (χ1) is 15.0. The number of amides is 1. The SMILES string of the molecule is O=C(COc1ccc(S(=O)(=O)N2CCOCC2)cc1Cl)Nc1ccc(F)c(C(F)(F)F)c1. The Morgan fingerprint density at radius 3 is 2.47 bits per heavy atom. The molecule has 7 nitrogen and oxygen atoms in total. The number of ether oxygens (including phenoxy) is 2. The van der Waals surface area contributed by atoms with Gasteiger partial charge in [-0.05, 0) is 36.4 Å². The van der Waals surface area contributed by atoms with Crippen LogP contribution in [0.25, 0.3) is 0 Å². The fraction of sp³-hybridized carbons (Fsp3) is 0.316. The Morgan fingerprint density at radius 1 is 1.16 bits per heavy atom. The van der Waals surface area contributed by atoms with Crippen LogP contribution in [0.2, 0.25) is 5.02 Å². The molecule has 0 aliphatic carbocycles. The molecule has 1 saturated heterocycles. The summed E-state index contributed by atoms with van der Waals surface area (Å²) in [4.78, 5) is 11.9. The van der Waals surface area contributed by atoms with E-state index in [2.05, 4.69) is 5.32 Å². The third-order valence-corrected chi connectivity index (χ3v) is 6.62. The molecule has 1 fully saturated rings. The molecule has 2 aromatic carbocycles. The summed E-state index contributed by atoms with van der Waals surface area (Å²) < 4.78 is 88.6. The molecule has 1 heterocycles. The second kappa shape index (κ2) is 9.61. The lowest BCUT2D eigenvalue weighted by molar-refractivity contribution is -0.140. The summed E-state index contributed by atoms with van der Waals surface area (Å²) in [5.74, 6) is -2.30. The summed E-state index contributed by atoms with van der Waals surface area (Å²) in [5, 5.41) is 2.09. The van der Waals surface area contributed by atoms with Gasteiger partial charge in [-0.2, -0.15) is 17.5 Å². The molecule has 0 saturated carbocycles. The maximum absolute atomic E-state index is 13.3. The Kier molecular flexibility index (Phi) is 7.28.